The van der Waals surface area contributed by atoms with E-state index in [0.717, 1.165) is 5.56 Å². The number of hydrogen-bond acceptors (Lipinski definition) is 6. The molecular weight excluding hydrogens is 563 g/mol. The molecule has 224 valence electrons. The Labute approximate surface area is 245 Å². The van der Waals surface area contributed by atoms with Crippen LogP contribution in [0.25, 0.3) is 0 Å². The van der Waals surface area contributed by atoms with Crippen molar-refractivity contribution in [3.05, 3.63) is 83.7 Å². The summed E-state index contributed by atoms with van der Waals surface area (Å²) in [5, 5.41) is 12.6. The highest BCUT2D eigenvalue weighted by atomic mass is 32.2. The molecule has 3 aromatic carbocycles. The van der Waals surface area contributed by atoms with Crippen molar-refractivity contribution in [1.29, 1.82) is 0 Å². The van der Waals surface area contributed by atoms with Crippen LogP contribution in [0.15, 0.2) is 71.6 Å². The number of aryl methyl sites for hydroxylation is 1. The maximum Gasteiger partial charge on any atom is 0.321 e. The number of amides is 3. The Morgan fingerprint density at radius 3 is 2.40 bits per heavy atom. The third-order valence-electron chi connectivity index (χ3n) is 7.14. The van der Waals surface area contributed by atoms with Crippen LogP contribution in [0.3, 0.4) is 0 Å². The molecule has 0 fully saturated rings. The predicted molar refractivity (Wildman–Crippen MR) is 158 cm³/mol. The number of benzene rings is 3. The van der Waals surface area contributed by atoms with E-state index in [2.05, 4.69) is 10.0 Å². The predicted octanol–water partition coefficient (Wildman–Crippen LogP) is 4.32. The summed E-state index contributed by atoms with van der Waals surface area (Å²) in [6, 6.07) is 15.3. The minimum atomic E-state index is -3.93. The Morgan fingerprint density at radius 1 is 1.12 bits per heavy atom. The first-order valence-electron chi connectivity index (χ1n) is 13.5. The van der Waals surface area contributed by atoms with Crippen molar-refractivity contribution in [2.75, 3.05) is 36.8 Å². The number of halogens is 1. The van der Waals surface area contributed by atoms with Gasteiger partial charge in [0.2, 0.25) is 0 Å². The van der Waals surface area contributed by atoms with Gasteiger partial charge in [-0.25, -0.2) is 17.6 Å². The number of ether oxygens (including phenoxy) is 1. The molecule has 0 spiro atoms. The zero-order valence-corrected chi connectivity index (χ0v) is 24.7. The van der Waals surface area contributed by atoms with Gasteiger partial charge >= 0.3 is 6.03 Å². The summed E-state index contributed by atoms with van der Waals surface area (Å²) in [5.41, 5.74) is 1.64. The van der Waals surface area contributed by atoms with Gasteiger partial charge in [0, 0.05) is 30.9 Å². The second kappa shape index (κ2) is 12.8. The highest BCUT2D eigenvalue weighted by Crippen LogP contribution is 2.31. The maximum atomic E-state index is 13.7. The summed E-state index contributed by atoms with van der Waals surface area (Å²) in [4.78, 5) is 29.6. The monoisotopic (exact) mass is 598 g/mol. The van der Waals surface area contributed by atoms with Crippen molar-refractivity contribution >= 4 is 33.3 Å². The molecule has 0 radical (unpaired) electrons. The van der Waals surface area contributed by atoms with E-state index >= 15 is 0 Å². The number of nitrogens with one attached hydrogen (secondary N) is 2. The van der Waals surface area contributed by atoms with Crippen LogP contribution in [0.1, 0.15) is 29.8 Å². The summed E-state index contributed by atoms with van der Waals surface area (Å²) in [7, 11) is -2.33. The topological polar surface area (TPSA) is 128 Å². The van der Waals surface area contributed by atoms with Crippen LogP contribution >= 0.6 is 0 Å². The van der Waals surface area contributed by atoms with Gasteiger partial charge in [0.25, 0.3) is 15.9 Å². The third-order valence-corrected chi connectivity index (χ3v) is 8.54. The second-order valence-electron chi connectivity index (χ2n) is 10.6. The average molecular weight is 599 g/mol. The lowest BCUT2D eigenvalue weighted by atomic mass is 9.99. The number of aliphatic hydroxyl groups excluding tert-OH is 1. The number of sulfonamides is 1. The molecule has 0 saturated heterocycles. The number of urea groups is 1. The molecule has 42 heavy (non-hydrogen) atoms. The molecule has 0 saturated carbocycles. The molecule has 3 amide bonds. The highest BCUT2D eigenvalue weighted by molar-refractivity contribution is 7.92. The minimum absolute atomic E-state index is 0.0776. The van der Waals surface area contributed by atoms with Gasteiger partial charge in [-0.05, 0) is 68.4 Å². The number of likely N-dealkylation sites (N-methyl/N-ethyl adjacent to an activating group) is 1. The second-order valence-corrected chi connectivity index (χ2v) is 12.3. The van der Waals surface area contributed by atoms with Gasteiger partial charge in [0.05, 0.1) is 29.7 Å². The van der Waals surface area contributed by atoms with Gasteiger partial charge in [0.15, 0.2) is 0 Å². The van der Waals surface area contributed by atoms with Crippen molar-refractivity contribution in [3.8, 4) is 5.75 Å². The van der Waals surface area contributed by atoms with Crippen LogP contribution < -0.4 is 14.8 Å². The number of hydrogen-bond donors (Lipinski definition) is 3. The summed E-state index contributed by atoms with van der Waals surface area (Å²) in [5.74, 6) is -0.871. The van der Waals surface area contributed by atoms with E-state index in [9.17, 15) is 27.5 Å². The fourth-order valence-corrected chi connectivity index (χ4v) is 5.59. The number of fused-ring (bicyclic) bond motifs is 1. The Bertz CT molecular complexity index is 1530. The van der Waals surface area contributed by atoms with Crippen molar-refractivity contribution in [3.63, 3.8) is 0 Å². The fraction of sp³-hybridized carbons (Fsp3) is 0.333. The van der Waals surface area contributed by atoms with Crippen LogP contribution in [-0.4, -0.2) is 74.2 Å². The summed E-state index contributed by atoms with van der Waals surface area (Å²) < 4.78 is 48.1. The van der Waals surface area contributed by atoms with E-state index in [1.807, 2.05) is 13.8 Å². The first kappa shape index (κ1) is 30.8. The molecule has 3 aromatic rings. The first-order chi connectivity index (χ1) is 19.9. The van der Waals surface area contributed by atoms with Crippen molar-refractivity contribution < 1.29 is 32.2 Å². The molecule has 0 aromatic heterocycles. The average Bonchev–Trinajstić information content (AvgIpc) is 2.96. The molecule has 10 nitrogen and oxygen atoms in total. The molecule has 0 unspecified atom stereocenters. The molecule has 0 aliphatic carbocycles. The van der Waals surface area contributed by atoms with Crippen molar-refractivity contribution in [2.45, 2.75) is 37.8 Å². The molecule has 4 rings (SSSR count). The van der Waals surface area contributed by atoms with Gasteiger partial charge in [-0.3, -0.25) is 9.52 Å². The quantitative estimate of drug-likeness (QED) is 0.354. The Balaban J connectivity index is 1.61. The van der Waals surface area contributed by atoms with E-state index < -0.39 is 39.9 Å². The van der Waals surface area contributed by atoms with Crippen LogP contribution in [0.2, 0.25) is 0 Å². The number of nitrogens with zero attached hydrogens (tertiary/aromatic N) is 2. The first-order valence-corrected chi connectivity index (χ1v) is 15.0. The molecule has 1 aliphatic heterocycles. The standard InChI is InChI=1S/C30H35FN4O6S/c1-19-5-12-25(13-6-19)42(39,40)33-24-11-14-27-26(15-24)29(37)35(21(3)18-36)16-20(2)28(41-27)17-34(4)30(38)32-23-9-7-22(31)8-10-23/h5-15,20-21,28,33,36H,16-18H2,1-4H3,(H,32,38)/t20-,21-,28+/m1/s1. The number of carbonyl (C=O) groups is 2. The van der Waals surface area contributed by atoms with Gasteiger partial charge < -0.3 is 25.0 Å². The van der Waals surface area contributed by atoms with E-state index in [1.54, 1.807) is 26.1 Å². The molecule has 1 aliphatic rings. The summed E-state index contributed by atoms with van der Waals surface area (Å²) >= 11 is 0. The van der Waals surface area contributed by atoms with Crippen LogP contribution in [-0.2, 0) is 10.0 Å². The van der Waals surface area contributed by atoms with Gasteiger partial charge in [-0.1, -0.05) is 24.6 Å². The lowest BCUT2D eigenvalue weighted by Gasteiger charge is -2.38. The Hall–Kier alpha value is -4.16. The minimum Gasteiger partial charge on any atom is -0.487 e. The van der Waals surface area contributed by atoms with Crippen molar-refractivity contribution in [1.82, 2.24) is 9.80 Å². The van der Waals surface area contributed by atoms with Gasteiger partial charge in [0.1, 0.15) is 17.7 Å². The van der Waals surface area contributed by atoms with E-state index in [0.29, 0.717) is 5.69 Å². The molecule has 3 N–H and O–H groups in total. The SMILES string of the molecule is Cc1ccc(S(=O)(=O)Nc2ccc3c(c2)C(=O)N([C@H](C)CO)C[C@@H](C)[C@H](CN(C)C(=O)Nc2ccc(F)cc2)O3)cc1. The smallest absolute Gasteiger partial charge is 0.321 e. The zero-order chi connectivity index (χ0) is 30.6. The van der Waals surface area contributed by atoms with E-state index in [1.165, 1.54) is 64.4 Å². The van der Waals surface area contributed by atoms with Crippen LogP contribution in [0.4, 0.5) is 20.6 Å². The summed E-state index contributed by atoms with van der Waals surface area (Å²) in [6.07, 6.45) is -0.565. The van der Waals surface area contributed by atoms with E-state index in [4.69, 9.17) is 4.74 Å². The fourth-order valence-electron chi connectivity index (χ4n) is 4.54. The number of aliphatic hydroxyl groups is 1. The largest absolute Gasteiger partial charge is 0.487 e. The lowest BCUT2D eigenvalue weighted by molar-refractivity contribution is 0.0371. The number of carbonyl (C=O) groups excluding carboxylic acids is 2. The van der Waals surface area contributed by atoms with Gasteiger partial charge in [-0.2, -0.15) is 0 Å². The molecule has 1 heterocycles. The molecular formula is C30H35FN4O6S. The summed E-state index contributed by atoms with van der Waals surface area (Å²) in [6.45, 7) is 5.54. The Morgan fingerprint density at radius 2 is 1.76 bits per heavy atom. The molecule has 0 bridgehead atoms. The molecule has 12 heteroatoms. The van der Waals surface area contributed by atoms with E-state index in [-0.39, 0.29) is 47.5 Å². The Kier molecular flexibility index (Phi) is 9.37. The van der Waals surface area contributed by atoms with Crippen LogP contribution in [0.5, 0.6) is 5.75 Å². The maximum absolute atomic E-state index is 13.7. The zero-order valence-electron chi connectivity index (χ0n) is 23.9. The highest BCUT2D eigenvalue weighted by Gasteiger charge is 2.34. The molecule has 3 atom stereocenters. The van der Waals surface area contributed by atoms with Crippen LogP contribution in [0, 0.1) is 18.7 Å². The lowest BCUT2D eigenvalue weighted by Crippen LogP contribution is -2.50. The normalized spacial score (nSPS) is 17.8. The third kappa shape index (κ3) is 7.18. The number of rotatable bonds is 8. The van der Waals surface area contributed by atoms with Gasteiger partial charge in [-0.15, -0.1) is 0 Å². The van der Waals surface area contributed by atoms with Crippen molar-refractivity contribution in [2.24, 2.45) is 5.92 Å². The number of anilines is 2.